The van der Waals surface area contributed by atoms with Crippen molar-refractivity contribution in [3.63, 3.8) is 0 Å². The summed E-state index contributed by atoms with van der Waals surface area (Å²) in [5, 5.41) is 0. The van der Waals surface area contributed by atoms with Crippen LogP contribution in [0, 0.1) is 0 Å². The van der Waals surface area contributed by atoms with E-state index < -0.39 is 29.4 Å². The van der Waals surface area contributed by atoms with Crippen molar-refractivity contribution in [1.29, 1.82) is 0 Å². The zero-order valence-electron chi connectivity index (χ0n) is 17.4. The maximum atomic E-state index is 13.5. The summed E-state index contributed by atoms with van der Waals surface area (Å²) in [6.45, 7) is 4.19. The van der Waals surface area contributed by atoms with Gasteiger partial charge in [0.2, 0.25) is 0 Å². The molecule has 2 aliphatic rings. The molecule has 0 N–H and O–H groups in total. The number of carbonyl (C=O) groups excluding carboxylic acids is 1. The van der Waals surface area contributed by atoms with Crippen molar-refractivity contribution in [3.05, 3.63) is 59.9 Å². The van der Waals surface area contributed by atoms with Crippen molar-refractivity contribution in [2.45, 2.75) is 44.1 Å². The van der Waals surface area contributed by atoms with Crippen molar-refractivity contribution in [2.24, 2.45) is 0 Å². The largest absolute Gasteiger partial charge is 0.418 e. The Balaban J connectivity index is 1.47. The van der Waals surface area contributed by atoms with Gasteiger partial charge in [0.15, 0.2) is 0 Å². The summed E-state index contributed by atoms with van der Waals surface area (Å²) in [5.74, 6) is -0.462. The summed E-state index contributed by atoms with van der Waals surface area (Å²) in [6.07, 6.45) is -0.863. The average Bonchev–Trinajstić information content (AvgIpc) is 2.76. The fraction of sp³-hybridized carbons (Fsp3) is 0.478. The first-order valence-corrected chi connectivity index (χ1v) is 10.5. The molecule has 4 rings (SSSR count). The third-order valence-corrected chi connectivity index (χ3v) is 6.21. The lowest BCUT2D eigenvalue weighted by Gasteiger charge is -2.49. The fourth-order valence-corrected chi connectivity index (χ4v) is 4.49. The molecule has 1 aromatic carbocycles. The normalized spacial score (nSPS) is 22.1. The first kappa shape index (κ1) is 21.8. The molecular formula is C23H26F3N3O2. The molecule has 1 spiro atoms. The highest BCUT2D eigenvalue weighted by Gasteiger charge is 2.47. The number of likely N-dealkylation sites (tertiary alicyclic amines) is 1. The standard InChI is InChI=1S/C23H26F3N3O2/c1-17-21(30)29(20-15-27-11-7-19(20)23(24,25)26)16-22(31-17)9-13-28(14-10-22)12-8-18-5-3-2-4-6-18/h2-7,11,15,17H,8-10,12-14,16H2,1H3. The molecule has 2 fully saturated rings. The molecule has 3 heterocycles. The van der Waals surface area contributed by atoms with Crippen LogP contribution in [-0.4, -0.2) is 53.7 Å². The van der Waals surface area contributed by atoms with Crippen LogP contribution in [0.25, 0.3) is 0 Å². The van der Waals surface area contributed by atoms with Crippen molar-refractivity contribution in [3.8, 4) is 0 Å². The summed E-state index contributed by atoms with van der Waals surface area (Å²) in [7, 11) is 0. The van der Waals surface area contributed by atoms with Crippen LogP contribution in [0.3, 0.4) is 0 Å². The molecular weight excluding hydrogens is 407 g/mol. The number of amides is 1. The van der Waals surface area contributed by atoms with Gasteiger partial charge in [-0.05, 0) is 37.8 Å². The van der Waals surface area contributed by atoms with E-state index in [2.05, 4.69) is 22.0 Å². The molecule has 0 bridgehead atoms. The lowest BCUT2D eigenvalue weighted by atomic mass is 9.88. The van der Waals surface area contributed by atoms with E-state index in [1.807, 2.05) is 18.2 Å². The molecule has 31 heavy (non-hydrogen) atoms. The highest BCUT2D eigenvalue weighted by atomic mass is 19.4. The van der Waals surface area contributed by atoms with E-state index in [1.54, 1.807) is 6.92 Å². The van der Waals surface area contributed by atoms with E-state index >= 15 is 0 Å². The Bertz CT molecular complexity index is 912. The fourth-order valence-electron chi connectivity index (χ4n) is 4.49. The number of morpholine rings is 1. The minimum Gasteiger partial charge on any atom is -0.360 e. The van der Waals surface area contributed by atoms with Gasteiger partial charge in [0.05, 0.1) is 29.6 Å². The number of carbonyl (C=O) groups is 1. The highest BCUT2D eigenvalue weighted by molar-refractivity contribution is 5.97. The number of halogens is 3. The third kappa shape index (κ3) is 4.75. The molecule has 2 aliphatic heterocycles. The summed E-state index contributed by atoms with van der Waals surface area (Å²) < 4.78 is 46.7. The second-order valence-electron chi connectivity index (χ2n) is 8.34. The molecule has 0 radical (unpaired) electrons. The maximum absolute atomic E-state index is 13.5. The van der Waals surface area contributed by atoms with Crippen molar-refractivity contribution < 1.29 is 22.7 Å². The van der Waals surface area contributed by atoms with Crippen molar-refractivity contribution >= 4 is 11.6 Å². The molecule has 0 aliphatic carbocycles. The molecule has 8 heteroatoms. The number of hydrogen-bond acceptors (Lipinski definition) is 4. The predicted octanol–water partition coefficient (Wildman–Crippen LogP) is 3.93. The number of hydrogen-bond donors (Lipinski definition) is 0. The first-order valence-electron chi connectivity index (χ1n) is 10.5. The van der Waals surface area contributed by atoms with Gasteiger partial charge >= 0.3 is 6.18 Å². The van der Waals surface area contributed by atoms with Crippen LogP contribution in [0.1, 0.15) is 30.9 Å². The van der Waals surface area contributed by atoms with Gasteiger partial charge in [0.25, 0.3) is 5.91 Å². The Kier molecular flexibility index (Phi) is 6.03. The van der Waals surface area contributed by atoms with E-state index in [4.69, 9.17) is 4.74 Å². The highest BCUT2D eigenvalue weighted by Crippen LogP contribution is 2.40. The predicted molar refractivity (Wildman–Crippen MR) is 111 cm³/mol. The zero-order valence-corrected chi connectivity index (χ0v) is 17.4. The van der Waals surface area contributed by atoms with Crippen LogP contribution in [0.15, 0.2) is 48.8 Å². The van der Waals surface area contributed by atoms with Gasteiger partial charge in [0, 0.05) is 25.8 Å². The first-order chi connectivity index (χ1) is 14.8. The lowest BCUT2D eigenvalue weighted by molar-refractivity contribution is -0.162. The van der Waals surface area contributed by atoms with Gasteiger partial charge in [-0.2, -0.15) is 13.2 Å². The minimum absolute atomic E-state index is 0.109. The van der Waals surface area contributed by atoms with Gasteiger partial charge in [0.1, 0.15) is 6.10 Å². The summed E-state index contributed by atoms with van der Waals surface area (Å²) in [5.41, 5.74) is -0.408. The van der Waals surface area contributed by atoms with Crippen LogP contribution in [0.2, 0.25) is 0 Å². The quantitative estimate of drug-likeness (QED) is 0.733. The molecule has 1 aromatic heterocycles. The monoisotopic (exact) mass is 433 g/mol. The third-order valence-electron chi connectivity index (χ3n) is 6.21. The Morgan fingerprint density at radius 1 is 1.16 bits per heavy atom. The number of benzene rings is 1. The van der Waals surface area contributed by atoms with Gasteiger partial charge < -0.3 is 14.5 Å². The Morgan fingerprint density at radius 2 is 1.87 bits per heavy atom. The van der Waals surface area contributed by atoms with Crippen LogP contribution in [0.4, 0.5) is 18.9 Å². The number of pyridine rings is 1. The Morgan fingerprint density at radius 3 is 2.55 bits per heavy atom. The molecule has 2 aromatic rings. The molecule has 5 nitrogen and oxygen atoms in total. The lowest BCUT2D eigenvalue weighted by Crippen LogP contribution is -2.61. The number of nitrogens with zero attached hydrogens (tertiary/aromatic N) is 3. The van der Waals surface area contributed by atoms with E-state index in [9.17, 15) is 18.0 Å². The second-order valence-corrected chi connectivity index (χ2v) is 8.34. The molecule has 1 amide bonds. The Labute approximate surface area is 179 Å². The van der Waals surface area contributed by atoms with Crippen LogP contribution < -0.4 is 4.90 Å². The number of anilines is 1. The van der Waals surface area contributed by atoms with Crippen LogP contribution >= 0.6 is 0 Å². The summed E-state index contributed by atoms with van der Waals surface area (Å²) in [6, 6.07) is 11.2. The summed E-state index contributed by atoms with van der Waals surface area (Å²) in [4.78, 5) is 20.2. The molecule has 166 valence electrons. The number of rotatable bonds is 4. The van der Waals surface area contributed by atoms with Gasteiger partial charge in [-0.1, -0.05) is 30.3 Å². The van der Waals surface area contributed by atoms with Crippen molar-refractivity contribution in [2.75, 3.05) is 31.1 Å². The van der Waals surface area contributed by atoms with E-state index in [-0.39, 0.29) is 12.2 Å². The van der Waals surface area contributed by atoms with Gasteiger partial charge in [-0.15, -0.1) is 0 Å². The van der Waals surface area contributed by atoms with Crippen LogP contribution in [0.5, 0.6) is 0 Å². The van der Waals surface area contributed by atoms with E-state index in [0.29, 0.717) is 12.8 Å². The number of piperidine rings is 1. The smallest absolute Gasteiger partial charge is 0.360 e. The number of aromatic nitrogens is 1. The molecule has 1 atom stereocenters. The van der Waals surface area contributed by atoms with Crippen LogP contribution in [-0.2, 0) is 22.1 Å². The van der Waals surface area contributed by atoms with E-state index in [0.717, 1.165) is 44.5 Å². The Hall–Kier alpha value is -2.45. The molecule has 1 unspecified atom stereocenters. The van der Waals surface area contributed by atoms with Gasteiger partial charge in [-0.25, -0.2) is 0 Å². The second kappa shape index (κ2) is 8.59. The average molecular weight is 433 g/mol. The zero-order chi connectivity index (χ0) is 22.1. The minimum atomic E-state index is -4.56. The topological polar surface area (TPSA) is 45.7 Å². The SMILES string of the molecule is CC1OC2(CCN(CCc3ccccc3)CC2)CN(c2cnccc2C(F)(F)F)C1=O. The number of ether oxygens (including phenoxy) is 1. The van der Waals surface area contributed by atoms with E-state index in [1.165, 1.54) is 10.5 Å². The number of alkyl halides is 3. The molecule has 0 saturated carbocycles. The van der Waals surface area contributed by atoms with Crippen molar-refractivity contribution in [1.82, 2.24) is 9.88 Å². The van der Waals surface area contributed by atoms with Gasteiger partial charge in [-0.3, -0.25) is 9.78 Å². The maximum Gasteiger partial charge on any atom is 0.418 e. The molecule has 2 saturated heterocycles. The summed E-state index contributed by atoms with van der Waals surface area (Å²) >= 11 is 0.